The smallest absolute Gasteiger partial charge is 0.0620 e. The Balaban J connectivity index is 0.000000143. The summed E-state index contributed by atoms with van der Waals surface area (Å²) in [5, 5.41) is 20.4. The third-order valence-electron chi connectivity index (χ3n) is 28.9. The zero-order valence-electron chi connectivity index (χ0n) is 76.5. The van der Waals surface area contributed by atoms with Crippen LogP contribution in [0.2, 0.25) is 0 Å². The second kappa shape index (κ2) is 30.0. The fourth-order valence-corrected chi connectivity index (χ4v) is 22.0. The van der Waals surface area contributed by atoms with Crippen molar-refractivity contribution in [3.63, 3.8) is 0 Å². The standard InChI is InChI=1S/C66H58N4.C58H42N4/c1-39(2)43-15-23-47(24-16-43)67(48-25-17-44(18-26-48)40(3)4)51-31-33-53-55-11-9-13-57-59-38-64-60(37-63(59)69(65(55)57)61(53)35-51)58-14-10-12-56-54-34-32-52(36-62(54)70(64)66(56)58)68(49-27-19-45(20-28-49)41(5)6)50-29-21-46(22-30-50)42(7)8;1-35-11-19-39(20-12-35)59(40-21-13-36(2)14-22-40)43-27-29-45-47-7-5-9-49-51-34-56-52(33-55(51)61(57(47)49)53(45)31-43)50-10-6-8-48-46-30-28-44(32-54(46)62(56)58(48)50)60(41-23-15-37(3)16-24-41)42-25-17-38(4)18-26-42/h9-42H,1-8H3;5-34H,1-4H3. The quantitative estimate of drug-likeness (QED) is 0.0965. The molecular weight excluding hydrogens is 1600 g/mol. The molecule has 26 aromatic rings. The van der Waals surface area contributed by atoms with Gasteiger partial charge in [0.25, 0.3) is 0 Å². The van der Waals surface area contributed by atoms with Crippen molar-refractivity contribution in [2.24, 2.45) is 0 Å². The van der Waals surface area contributed by atoms with Gasteiger partial charge in [-0.25, -0.2) is 0 Å². The molecule has 0 saturated heterocycles. The summed E-state index contributed by atoms with van der Waals surface area (Å²) in [6.07, 6.45) is 0. The molecule has 0 aliphatic heterocycles. The summed E-state index contributed by atoms with van der Waals surface area (Å²) in [5.74, 6) is 1.85. The molecule has 26 rings (SSSR count). The van der Waals surface area contributed by atoms with Gasteiger partial charge in [0.1, 0.15) is 0 Å². The zero-order chi connectivity index (χ0) is 89.1. The molecule has 0 bridgehead atoms. The van der Waals surface area contributed by atoms with E-state index in [1.165, 1.54) is 197 Å². The number of benzene rings is 18. The molecule has 0 saturated carbocycles. The second-order valence-electron chi connectivity index (χ2n) is 38.4. The van der Waals surface area contributed by atoms with E-state index in [2.05, 4.69) is 484 Å². The van der Waals surface area contributed by atoms with Crippen molar-refractivity contribution < 1.29 is 0 Å². The van der Waals surface area contributed by atoms with Crippen LogP contribution in [0.15, 0.2) is 364 Å². The van der Waals surface area contributed by atoms with E-state index in [4.69, 9.17) is 0 Å². The van der Waals surface area contributed by atoms with E-state index >= 15 is 0 Å². The summed E-state index contributed by atoms with van der Waals surface area (Å²) in [5.41, 5.74) is 39.0. The average molecular weight is 1700 g/mol. The second-order valence-corrected chi connectivity index (χ2v) is 38.4. The molecule has 0 atom stereocenters. The minimum Gasteiger partial charge on any atom is -0.310 e. The zero-order valence-corrected chi connectivity index (χ0v) is 76.5. The third kappa shape index (κ3) is 12.1. The van der Waals surface area contributed by atoms with Crippen LogP contribution in [0.4, 0.5) is 68.2 Å². The molecule has 0 aliphatic rings. The Bertz CT molecular complexity index is 8300. The maximum Gasteiger partial charge on any atom is 0.0620 e. The lowest BCUT2D eigenvalue weighted by atomic mass is 10.0. The van der Waals surface area contributed by atoms with Crippen molar-refractivity contribution in [2.75, 3.05) is 19.6 Å². The number of rotatable bonds is 16. The molecule has 8 heterocycles. The Morgan fingerprint density at radius 3 is 0.477 bits per heavy atom. The molecule has 0 aliphatic carbocycles. The molecule has 132 heavy (non-hydrogen) atoms. The molecule has 8 heteroatoms. The molecule has 0 spiro atoms. The van der Waals surface area contributed by atoms with Gasteiger partial charge in [-0.3, -0.25) is 0 Å². The van der Waals surface area contributed by atoms with Crippen molar-refractivity contribution in [1.29, 1.82) is 0 Å². The number of para-hydroxylation sites is 4. The summed E-state index contributed by atoms with van der Waals surface area (Å²) in [6, 6.07) is 138. The van der Waals surface area contributed by atoms with Gasteiger partial charge in [0, 0.05) is 154 Å². The fourth-order valence-electron chi connectivity index (χ4n) is 22.0. The lowest BCUT2D eigenvalue weighted by molar-refractivity contribution is 0.866. The minimum atomic E-state index is 0.463. The van der Waals surface area contributed by atoms with E-state index in [-0.39, 0.29) is 0 Å². The third-order valence-corrected chi connectivity index (χ3v) is 28.9. The average Bonchev–Trinajstić information content (AvgIpc) is 1.52. The number of hydrogen-bond donors (Lipinski definition) is 0. The topological polar surface area (TPSA) is 30.6 Å². The van der Waals surface area contributed by atoms with Gasteiger partial charge in [0.15, 0.2) is 0 Å². The molecule has 18 aromatic carbocycles. The van der Waals surface area contributed by atoms with Gasteiger partial charge in [0.05, 0.1) is 66.2 Å². The molecule has 0 amide bonds. The van der Waals surface area contributed by atoms with Crippen LogP contribution in [0.3, 0.4) is 0 Å². The molecular formula is C124H100N8. The Kier molecular flexibility index (Phi) is 17.8. The van der Waals surface area contributed by atoms with E-state index in [1.807, 2.05) is 0 Å². The number of aromatic nitrogens is 4. The fraction of sp³-hybridized carbons (Fsp3) is 0.129. The van der Waals surface area contributed by atoms with Gasteiger partial charge in [0.2, 0.25) is 0 Å². The van der Waals surface area contributed by atoms with Crippen molar-refractivity contribution >= 4 is 221 Å². The summed E-state index contributed by atoms with van der Waals surface area (Å²) in [4.78, 5) is 9.62. The lowest BCUT2D eigenvalue weighted by Gasteiger charge is -2.26. The molecule has 0 radical (unpaired) electrons. The molecule has 0 unspecified atom stereocenters. The summed E-state index contributed by atoms with van der Waals surface area (Å²) in [6.45, 7) is 26.7. The van der Waals surface area contributed by atoms with Crippen molar-refractivity contribution in [3.8, 4) is 0 Å². The van der Waals surface area contributed by atoms with Gasteiger partial charge in [-0.1, -0.05) is 272 Å². The monoisotopic (exact) mass is 1700 g/mol. The highest BCUT2D eigenvalue weighted by Crippen LogP contribution is 2.52. The van der Waals surface area contributed by atoms with Crippen LogP contribution in [0.1, 0.15) is 124 Å². The van der Waals surface area contributed by atoms with E-state index in [0.717, 1.165) is 68.2 Å². The van der Waals surface area contributed by atoms with E-state index in [9.17, 15) is 0 Å². The van der Waals surface area contributed by atoms with E-state index in [1.54, 1.807) is 0 Å². The highest BCUT2D eigenvalue weighted by Gasteiger charge is 2.30. The molecule has 8 aromatic heterocycles. The minimum absolute atomic E-state index is 0.463. The Hall–Kier alpha value is -15.6. The summed E-state index contributed by atoms with van der Waals surface area (Å²) in [7, 11) is 0. The van der Waals surface area contributed by atoms with Crippen LogP contribution in [0.25, 0.3) is 152 Å². The van der Waals surface area contributed by atoms with E-state index < -0.39 is 0 Å². The first-order chi connectivity index (χ1) is 64.4. The predicted octanol–water partition coefficient (Wildman–Crippen LogP) is 35.6. The maximum atomic E-state index is 2.55. The van der Waals surface area contributed by atoms with Crippen LogP contribution in [0.5, 0.6) is 0 Å². The van der Waals surface area contributed by atoms with Crippen LogP contribution in [0, 0.1) is 27.7 Å². The number of anilines is 12. The van der Waals surface area contributed by atoms with Crippen LogP contribution in [-0.4, -0.2) is 17.6 Å². The molecule has 0 N–H and O–H groups in total. The molecule has 8 nitrogen and oxygen atoms in total. The van der Waals surface area contributed by atoms with Gasteiger partial charge in [-0.2, -0.15) is 0 Å². The van der Waals surface area contributed by atoms with E-state index in [0.29, 0.717) is 23.7 Å². The SMILES string of the molecule is CC(C)c1ccc(N(c2ccc(C(C)C)cc2)c2ccc3c4cccc5c6cc7c(cc6n(c3c2)c45)c2cccc3c4ccc(N(c5ccc(C(C)C)cc5)c5ccc(C(C)C)cc5)cc4n7c32)cc1.Cc1ccc(N(c2ccc(C)cc2)c2ccc3c4cccc5c6cc7c(cc6n(c3c2)c45)c2cccc3c4ccc(N(c5ccc(C)cc5)c5ccc(C)cc5)cc4n7c32)cc1. The lowest BCUT2D eigenvalue weighted by Crippen LogP contribution is -2.10. The molecule has 636 valence electrons. The van der Waals surface area contributed by atoms with Gasteiger partial charge >= 0.3 is 0 Å². The summed E-state index contributed by atoms with van der Waals surface area (Å²) >= 11 is 0. The maximum absolute atomic E-state index is 2.55. The van der Waals surface area contributed by atoms with Crippen molar-refractivity contribution in [2.45, 2.75) is 107 Å². The van der Waals surface area contributed by atoms with Crippen LogP contribution >= 0.6 is 0 Å². The Morgan fingerprint density at radius 1 is 0.152 bits per heavy atom. The largest absolute Gasteiger partial charge is 0.310 e. The van der Waals surface area contributed by atoms with Gasteiger partial charge in [-0.05, 0) is 243 Å². The van der Waals surface area contributed by atoms with Gasteiger partial charge in [-0.15, -0.1) is 0 Å². The number of fused-ring (bicyclic) bond motifs is 24. The number of hydrogen-bond acceptors (Lipinski definition) is 4. The normalized spacial score (nSPS) is 12.4. The highest BCUT2D eigenvalue weighted by atomic mass is 15.2. The highest BCUT2D eigenvalue weighted by molar-refractivity contribution is 6.32. The number of nitrogens with zero attached hydrogens (tertiary/aromatic N) is 8. The first-order valence-electron chi connectivity index (χ1n) is 46.9. The van der Waals surface area contributed by atoms with Gasteiger partial charge < -0.3 is 37.2 Å². The first-order valence-corrected chi connectivity index (χ1v) is 46.9. The first kappa shape index (κ1) is 78.6. The van der Waals surface area contributed by atoms with Crippen LogP contribution in [-0.2, 0) is 0 Å². The summed E-state index contributed by atoms with van der Waals surface area (Å²) < 4.78 is 10.2. The molecule has 0 fully saturated rings. The number of aryl methyl sites for hydroxylation is 4. The van der Waals surface area contributed by atoms with Crippen LogP contribution < -0.4 is 19.6 Å². The Morgan fingerprint density at radius 2 is 0.303 bits per heavy atom. The Labute approximate surface area is 767 Å². The predicted molar refractivity (Wildman–Crippen MR) is 566 cm³/mol. The van der Waals surface area contributed by atoms with Crippen molar-refractivity contribution in [1.82, 2.24) is 17.6 Å². The van der Waals surface area contributed by atoms with Crippen molar-refractivity contribution in [3.05, 3.63) is 408 Å².